The summed E-state index contributed by atoms with van der Waals surface area (Å²) in [7, 11) is 0. The normalized spacial score (nSPS) is 21.2. The van der Waals surface area contributed by atoms with Crippen molar-refractivity contribution in [2.24, 2.45) is 28.1 Å². The van der Waals surface area contributed by atoms with Crippen LogP contribution >= 0.6 is 0 Å². The maximum Gasteiger partial charge on any atom is 0.144 e. The zero-order valence-corrected chi connectivity index (χ0v) is 19.4. The maximum absolute atomic E-state index is 12.3. The summed E-state index contributed by atoms with van der Waals surface area (Å²) in [6.07, 6.45) is 4.72. The molecule has 0 bridgehead atoms. The summed E-state index contributed by atoms with van der Waals surface area (Å²) < 4.78 is 0. The Bertz CT molecular complexity index is 691. The molecule has 1 aromatic rings. The first-order chi connectivity index (χ1) is 12.8. The van der Waals surface area contributed by atoms with Gasteiger partial charge in [0.15, 0.2) is 0 Å². The Kier molecular flexibility index (Phi) is 8.00. The third kappa shape index (κ3) is 5.43. The molecule has 1 saturated carbocycles. The van der Waals surface area contributed by atoms with Gasteiger partial charge in [-0.1, -0.05) is 96.5 Å². The molecule has 0 aromatic heterocycles. The van der Waals surface area contributed by atoms with Gasteiger partial charge in [0.2, 0.25) is 0 Å². The van der Waals surface area contributed by atoms with E-state index in [4.69, 9.17) is 0 Å². The molecule has 1 aliphatic carbocycles. The predicted octanol–water partition coefficient (Wildman–Crippen LogP) is 6.82. The maximum atomic E-state index is 12.3. The Morgan fingerprint density at radius 1 is 1.00 bits per heavy atom. The van der Waals surface area contributed by atoms with Crippen LogP contribution in [0, 0.1) is 35.0 Å². The summed E-state index contributed by atoms with van der Waals surface area (Å²) in [6, 6.07) is 10.3. The Balaban J connectivity index is 0.000000467. The van der Waals surface area contributed by atoms with Gasteiger partial charge in [0.25, 0.3) is 0 Å². The molecule has 0 spiro atoms. The number of carbonyl (C=O) groups is 2. The van der Waals surface area contributed by atoms with E-state index in [1.54, 1.807) is 0 Å². The van der Waals surface area contributed by atoms with Crippen LogP contribution in [-0.4, -0.2) is 11.6 Å². The summed E-state index contributed by atoms with van der Waals surface area (Å²) in [6.45, 7) is 19.8. The third-order valence-corrected chi connectivity index (χ3v) is 7.36. The minimum Gasteiger partial charge on any atom is -0.299 e. The molecule has 0 amide bonds. The summed E-state index contributed by atoms with van der Waals surface area (Å²) in [4.78, 5) is 24.1. The standard InChI is InChI=1S/C19H32O2.C7H8/c1-9-10-19(8,15-11-14(20)12-16(15)21)13(2)18(6,7)17(3,4)5;1-7-5-3-2-4-6-7/h9-10,13,15H,11-12H2,1-8H3;2-6H,1H3/b10-9+;. The Labute approximate surface area is 172 Å². The van der Waals surface area contributed by atoms with Crippen LogP contribution in [-0.2, 0) is 9.59 Å². The molecular formula is C26H40O2. The van der Waals surface area contributed by atoms with Crippen molar-refractivity contribution in [2.75, 3.05) is 0 Å². The first-order valence-electron chi connectivity index (χ1n) is 10.5. The molecule has 3 atom stereocenters. The lowest BCUT2D eigenvalue weighted by molar-refractivity contribution is -0.126. The average molecular weight is 385 g/mol. The summed E-state index contributed by atoms with van der Waals surface area (Å²) in [5.41, 5.74) is 1.23. The predicted molar refractivity (Wildman–Crippen MR) is 119 cm³/mol. The van der Waals surface area contributed by atoms with Gasteiger partial charge in [0, 0.05) is 12.3 Å². The highest BCUT2D eigenvalue weighted by Crippen LogP contribution is 2.55. The van der Waals surface area contributed by atoms with Gasteiger partial charge in [-0.2, -0.15) is 0 Å². The van der Waals surface area contributed by atoms with Crippen molar-refractivity contribution in [1.29, 1.82) is 0 Å². The molecule has 3 unspecified atom stereocenters. The lowest BCUT2D eigenvalue weighted by atomic mass is 9.52. The number of carbonyl (C=O) groups excluding carboxylic acids is 2. The van der Waals surface area contributed by atoms with E-state index >= 15 is 0 Å². The monoisotopic (exact) mass is 384 g/mol. The van der Waals surface area contributed by atoms with E-state index in [1.165, 1.54) is 5.56 Å². The van der Waals surface area contributed by atoms with Crippen molar-refractivity contribution in [1.82, 2.24) is 0 Å². The second kappa shape index (κ2) is 9.20. The lowest BCUT2D eigenvalue weighted by Gasteiger charge is -2.52. The third-order valence-electron chi connectivity index (χ3n) is 7.36. The second-order valence-corrected chi connectivity index (χ2v) is 10.2. The first kappa shape index (κ1) is 24.3. The molecule has 0 saturated heterocycles. The SMILES string of the molecule is C/C=C/C(C)(C1CC(=O)CC1=O)C(C)C(C)(C)C(C)(C)C.Cc1ccccc1. The first-order valence-corrected chi connectivity index (χ1v) is 10.5. The van der Waals surface area contributed by atoms with Crippen molar-refractivity contribution >= 4 is 11.6 Å². The van der Waals surface area contributed by atoms with Gasteiger partial charge in [-0.25, -0.2) is 0 Å². The number of hydrogen-bond donors (Lipinski definition) is 0. The van der Waals surface area contributed by atoms with Crippen LogP contribution < -0.4 is 0 Å². The number of benzene rings is 1. The molecule has 1 aliphatic rings. The molecule has 156 valence electrons. The smallest absolute Gasteiger partial charge is 0.144 e. The average Bonchev–Trinajstić information content (AvgIpc) is 2.93. The molecule has 0 N–H and O–H groups in total. The summed E-state index contributed by atoms with van der Waals surface area (Å²) in [5.74, 6) is 0.345. The summed E-state index contributed by atoms with van der Waals surface area (Å²) in [5, 5.41) is 0. The van der Waals surface area contributed by atoms with E-state index in [-0.39, 0.29) is 40.2 Å². The van der Waals surface area contributed by atoms with Gasteiger partial charge < -0.3 is 0 Å². The molecule has 0 aliphatic heterocycles. The van der Waals surface area contributed by atoms with E-state index < -0.39 is 0 Å². The van der Waals surface area contributed by atoms with Gasteiger partial charge in [-0.15, -0.1) is 0 Å². The van der Waals surface area contributed by atoms with E-state index in [0.717, 1.165) is 0 Å². The second-order valence-electron chi connectivity index (χ2n) is 10.2. The fourth-order valence-corrected chi connectivity index (χ4v) is 4.18. The number of hydrogen-bond acceptors (Lipinski definition) is 2. The molecule has 1 aromatic carbocycles. The molecule has 2 nitrogen and oxygen atoms in total. The Morgan fingerprint density at radius 2 is 1.54 bits per heavy atom. The molecule has 0 radical (unpaired) electrons. The molecule has 0 heterocycles. The highest BCUT2D eigenvalue weighted by molar-refractivity contribution is 6.07. The highest BCUT2D eigenvalue weighted by atomic mass is 16.2. The fourth-order valence-electron chi connectivity index (χ4n) is 4.18. The van der Waals surface area contributed by atoms with Crippen molar-refractivity contribution in [3.63, 3.8) is 0 Å². The largest absolute Gasteiger partial charge is 0.299 e. The van der Waals surface area contributed by atoms with Crippen LogP contribution in [0.4, 0.5) is 0 Å². The molecule has 2 heteroatoms. The summed E-state index contributed by atoms with van der Waals surface area (Å²) >= 11 is 0. The van der Waals surface area contributed by atoms with Crippen molar-refractivity contribution in [3.8, 4) is 0 Å². The zero-order valence-electron chi connectivity index (χ0n) is 19.4. The lowest BCUT2D eigenvalue weighted by Crippen LogP contribution is -2.47. The Hall–Kier alpha value is -1.70. The van der Waals surface area contributed by atoms with Crippen LogP contribution in [0.3, 0.4) is 0 Å². The quantitative estimate of drug-likeness (QED) is 0.421. The molecular weight excluding hydrogens is 344 g/mol. The van der Waals surface area contributed by atoms with E-state index in [9.17, 15) is 9.59 Å². The van der Waals surface area contributed by atoms with Gasteiger partial charge in [0.1, 0.15) is 11.6 Å². The van der Waals surface area contributed by atoms with Crippen molar-refractivity contribution in [3.05, 3.63) is 48.0 Å². The topological polar surface area (TPSA) is 34.1 Å². The zero-order chi connectivity index (χ0) is 21.8. The van der Waals surface area contributed by atoms with Gasteiger partial charge in [0.05, 0.1) is 6.42 Å². The van der Waals surface area contributed by atoms with Gasteiger partial charge in [-0.3, -0.25) is 9.59 Å². The molecule has 1 fully saturated rings. The van der Waals surface area contributed by atoms with Crippen LogP contribution in [0.5, 0.6) is 0 Å². The van der Waals surface area contributed by atoms with Crippen LogP contribution in [0.15, 0.2) is 42.5 Å². The van der Waals surface area contributed by atoms with Gasteiger partial charge in [-0.05, 0) is 36.0 Å². The number of rotatable bonds is 4. The number of Topliss-reactive ketones (excluding diaryl/α,β-unsaturated/α-hetero) is 2. The van der Waals surface area contributed by atoms with Crippen molar-refractivity contribution in [2.45, 2.75) is 75.2 Å². The Morgan fingerprint density at radius 3 is 1.86 bits per heavy atom. The van der Waals surface area contributed by atoms with Crippen LogP contribution in [0.1, 0.15) is 73.8 Å². The number of aryl methyl sites for hydroxylation is 1. The minimum atomic E-state index is -0.269. The fraction of sp³-hybridized carbons (Fsp3) is 0.615. The van der Waals surface area contributed by atoms with Crippen molar-refractivity contribution < 1.29 is 9.59 Å². The molecule has 28 heavy (non-hydrogen) atoms. The highest BCUT2D eigenvalue weighted by Gasteiger charge is 2.52. The molecule has 2 rings (SSSR count). The van der Waals surface area contributed by atoms with E-state index in [0.29, 0.717) is 12.3 Å². The van der Waals surface area contributed by atoms with E-state index in [1.807, 2.05) is 31.2 Å². The van der Waals surface area contributed by atoms with E-state index in [2.05, 4.69) is 73.6 Å². The number of allylic oxidation sites excluding steroid dienone is 2. The van der Waals surface area contributed by atoms with Crippen LogP contribution in [0.2, 0.25) is 0 Å². The van der Waals surface area contributed by atoms with Crippen LogP contribution in [0.25, 0.3) is 0 Å². The van der Waals surface area contributed by atoms with Gasteiger partial charge >= 0.3 is 0 Å². The minimum absolute atomic E-state index is 0.0488. The number of ketones is 2.